The molecular formula is C15H16N2O2. The first-order valence-electron chi connectivity index (χ1n) is 6.43. The number of hydrogen-bond donors (Lipinski definition) is 0. The van der Waals surface area contributed by atoms with Crippen LogP contribution in [0.25, 0.3) is 6.08 Å². The number of carbonyl (C=O) groups excluding carboxylic acids is 1. The van der Waals surface area contributed by atoms with E-state index >= 15 is 0 Å². The first kappa shape index (κ1) is 11.8. The summed E-state index contributed by atoms with van der Waals surface area (Å²) in [5.74, 6) is 0.720. The lowest BCUT2D eigenvalue weighted by molar-refractivity contribution is -0.129. The van der Waals surface area contributed by atoms with Crippen molar-refractivity contribution in [3.8, 4) is 0 Å². The maximum atomic E-state index is 12.2. The van der Waals surface area contributed by atoms with Crippen LogP contribution in [0.5, 0.6) is 0 Å². The number of furan rings is 1. The molecule has 0 bridgehead atoms. The molecule has 3 heterocycles. The summed E-state index contributed by atoms with van der Waals surface area (Å²) in [4.78, 5) is 14.1. The highest BCUT2D eigenvalue weighted by molar-refractivity contribution is 5.91. The van der Waals surface area contributed by atoms with Crippen LogP contribution < -0.4 is 0 Å². The Morgan fingerprint density at radius 2 is 2.26 bits per heavy atom. The van der Waals surface area contributed by atoms with E-state index < -0.39 is 0 Å². The minimum atomic E-state index is 0.0244. The number of fused-ring (bicyclic) bond motifs is 1. The van der Waals surface area contributed by atoms with Crippen LogP contribution in [0.4, 0.5) is 0 Å². The smallest absolute Gasteiger partial charge is 0.247 e. The molecule has 1 amide bonds. The van der Waals surface area contributed by atoms with E-state index in [2.05, 4.69) is 23.8 Å². The molecule has 19 heavy (non-hydrogen) atoms. The maximum Gasteiger partial charge on any atom is 0.247 e. The molecule has 4 heteroatoms. The molecule has 1 aliphatic rings. The van der Waals surface area contributed by atoms with Crippen molar-refractivity contribution in [2.75, 3.05) is 6.54 Å². The Morgan fingerprint density at radius 1 is 1.37 bits per heavy atom. The molecule has 2 aromatic rings. The molecule has 0 N–H and O–H groups in total. The van der Waals surface area contributed by atoms with Gasteiger partial charge in [-0.15, -0.1) is 0 Å². The lowest BCUT2D eigenvalue weighted by atomic mass is 10.1. The molecule has 0 unspecified atom stereocenters. The Labute approximate surface area is 111 Å². The van der Waals surface area contributed by atoms with Gasteiger partial charge in [0.25, 0.3) is 0 Å². The van der Waals surface area contributed by atoms with Crippen LogP contribution in [0, 0.1) is 0 Å². The van der Waals surface area contributed by atoms with Gasteiger partial charge in [-0.25, -0.2) is 0 Å². The van der Waals surface area contributed by atoms with Gasteiger partial charge in [0.15, 0.2) is 0 Å². The van der Waals surface area contributed by atoms with Gasteiger partial charge in [0.1, 0.15) is 5.76 Å². The SMILES string of the molecule is C[C@H]1c2cccn2CCN1C(=O)/C=C/c1ccco1. The van der Waals surface area contributed by atoms with Crippen LogP contribution >= 0.6 is 0 Å². The Hall–Kier alpha value is -2.23. The normalized spacial score (nSPS) is 18.8. The fraction of sp³-hybridized carbons (Fsp3) is 0.267. The summed E-state index contributed by atoms with van der Waals surface area (Å²) in [6, 6.07) is 7.84. The van der Waals surface area contributed by atoms with E-state index in [1.165, 1.54) is 5.69 Å². The lowest BCUT2D eigenvalue weighted by Gasteiger charge is -2.34. The highest BCUT2D eigenvalue weighted by Crippen LogP contribution is 2.25. The van der Waals surface area contributed by atoms with Crippen molar-refractivity contribution in [2.24, 2.45) is 0 Å². The Bertz CT molecular complexity index is 595. The molecule has 0 saturated heterocycles. The maximum absolute atomic E-state index is 12.2. The standard InChI is InChI=1S/C15H16N2O2/c1-12-14-5-2-8-16(14)9-10-17(12)15(18)7-6-13-4-3-11-19-13/h2-8,11-12H,9-10H2,1H3/b7-6+/t12-/m0/s1. The predicted molar refractivity (Wildman–Crippen MR) is 72.3 cm³/mol. The zero-order chi connectivity index (χ0) is 13.2. The third-order valence-electron chi connectivity index (χ3n) is 3.56. The quantitative estimate of drug-likeness (QED) is 0.775. The third-order valence-corrected chi connectivity index (χ3v) is 3.56. The number of amides is 1. The molecule has 1 aliphatic heterocycles. The predicted octanol–water partition coefficient (Wildman–Crippen LogP) is 2.70. The summed E-state index contributed by atoms with van der Waals surface area (Å²) < 4.78 is 7.38. The van der Waals surface area contributed by atoms with E-state index in [0.29, 0.717) is 5.76 Å². The van der Waals surface area contributed by atoms with Crippen LogP contribution in [0.3, 0.4) is 0 Å². The van der Waals surface area contributed by atoms with Gasteiger partial charge in [-0.3, -0.25) is 4.79 Å². The van der Waals surface area contributed by atoms with Gasteiger partial charge in [0, 0.05) is 31.1 Å². The average molecular weight is 256 g/mol. The highest BCUT2D eigenvalue weighted by atomic mass is 16.3. The number of carbonyl (C=O) groups is 1. The van der Waals surface area contributed by atoms with Crippen molar-refractivity contribution in [1.82, 2.24) is 9.47 Å². The second-order valence-corrected chi connectivity index (χ2v) is 4.68. The first-order chi connectivity index (χ1) is 9.25. The Balaban J connectivity index is 1.75. The van der Waals surface area contributed by atoms with E-state index in [4.69, 9.17) is 4.42 Å². The van der Waals surface area contributed by atoms with Gasteiger partial charge in [0.05, 0.1) is 12.3 Å². The number of hydrogen-bond acceptors (Lipinski definition) is 2. The molecule has 0 radical (unpaired) electrons. The zero-order valence-corrected chi connectivity index (χ0v) is 10.8. The summed E-state index contributed by atoms with van der Waals surface area (Å²) in [7, 11) is 0. The summed E-state index contributed by atoms with van der Waals surface area (Å²) in [6.45, 7) is 3.65. The van der Waals surface area contributed by atoms with Gasteiger partial charge in [0.2, 0.25) is 5.91 Å². The van der Waals surface area contributed by atoms with Crippen LogP contribution in [-0.2, 0) is 11.3 Å². The van der Waals surface area contributed by atoms with Crippen molar-refractivity contribution in [2.45, 2.75) is 19.5 Å². The first-order valence-corrected chi connectivity index (χ1v) is 6.43. The topological polar surface area (TPSA) is 38.4 Å². The second kappa shape index (κ2) is 4.80. The van der Waals surface area contributed by atoms with Crippen molar-refractivity contribution in [3.05, 3.63) is 54.3 Å². The monoisotopic (exact) mass is 256 g/mol. The molecule has 1 atom stereocenters. The van der Waals surface area contributed by atoms with Gasteiger partial charge in [-0.1, -0.05) is 0 Å². The Morgan fingerprint density at radius 3 is 3.05 bits per heavy atom. The largest absolute Gasteiger partial charge is 0.465 e. The zero-order valence-electron chi connectivity index (χ0n) is 10.8. The van der Waals surface area contributed by atoms with Crippen molar-refractivity contribution in [1.29, 1.82) is 0 Å². The van der Waals surface area contributed by atoms with Crippen LogP contribution in [0.1, 0.15) is 24.4 Å². The highest BCUT2D eigenvalue weighted by Gasteiger charge is 2.25. The molecule has 4 nitrogen and oxygen atoms in total. The third kappa shape index (κ3) is 2.21. The average Bonchev–Trinajstić information content (AvgIpc) is 3.07. The van der Waals surface area contributed by atoms with Gasteiger partial charge >= 0.3 is 0 Å². The molecule has 0 spiro atoms. The summed E-state index contributed by atoms with van der Waals surface area (Å²) >= 11 is 0. The van der Waals surface area contributed by atoms with Gasteiger partial charge < -0.3 is 13.9 Å². The van der Waals surface area contributed by atoms with E-state index in [1.54, 1.807) is 24.5 Å². The van der Waals surface area contributed by atoms with Crippen LogP contribution in [0.15, 0.2) is 47.2 Å². The Kier molecular flexibility index (Phi) is 2.99. The van der Waals surface area contributed by atoms with E-state index in [-0.39, 0.29) is 11.9 Å². The molecule has 0 aromatic carbocycles. The van der Waals surface area contributed by atoms with E-state index in [9.17, 15) is 4.79 Å². The van der Waals surface area contributed by atoms with Crippen LogP contribution in [-0.4, -0.2) is 21.9 Å². The van der Waals surface area contributed by atoms with Crippen molar-refractivity contribution < 1.29 is 9.21 Å². The molecule has 98 valence electrons. The molecule has 0 aliphatic carbocycles. The fourth-order valence-electron chi connectivity index (χ4n) is 2.52. The molecule has 0 saturated carbocycles. The van der Waals surface area contributed by atoms with Crippen LogP contribution in [0.2, 0.25) is 0 Å². The number of nitrogens with zero attached hydrogens (tertiary/aromatic N) is 2. The van der Waals surface area contributed by atoms with Gasteiger partial charge in [-0.05, 0) is 37.3 Å². The minimum absolute atomic E-state index is 0.0244. The minimum Gasteiger partial charge on any atom is -0.465 e. The second-order valence-electron chi connectivity index (χ2n) is 4.68. The van der Waals surface area contributed by atoms with Crippen molar-refractivity contribution >= 4 is 12.0 Å². The van der Waals surface area contributed by atoms with E-state index in [0.717, 1.165) is 13.1 Å². The molecule has 2 aromatic heterocycles. The van der Waals surface area contributed by atoms with Crippen molar-refractivity contribution in [3.63, 3.8) is 0 Å². The molecule has 3 rings (SSSR count). The summed E-state index contributed by atoms with van der Waals surface area (Å²) in [5.41, 5.74) is 1.19. The lowest BCUT2D eigenvalue weighted by Crippen LogP contribution is -2.39. The number of rotatable bonds is 2. The molecular weight excluding hydrogens is 240 g/mol. The summed E-state index contributed by atoms with van der Waals surface area (Å²) in [5, 5.41) is 0. The van der Waals surface area contributed by atoms with Gasteiger partial charge in [-0.2, -0.15) is 0 Å². The van der Waals surface area contributed by atoms with E-state index in [1.807, 2.05) is 17.0 Å². The molecule has 0 fully saturated rings. The summed E-state index contributed by atoms with van der Waals surface area (Å²) in [6.07, 6.45) is 6.95. The number of aromatic nitrogens is 1. The fourth-order valence-corrected chi connectivity index (χ4v) is 2.52.